The first-order valence-corrected chi connectivity index (χ1v) is 6.34. The molecular formula is C9H18N4S. The second-order valence-electron chi connectivity index (χ2n) is 3.09. The standard InChI is InChI=1S/C9H18N4S/c1-3-4-10-7-9-11-8-13(12-9)5-6-14-2/h8,10H,3-7H2,1-2H3. The highest BCUT2D eigenvalue weighted by Crippen LogP contribution is 1.95. The molecule has 5 heteroatoms. The molecule has 0 aromatic carbocycles. The van der Waals surface area contributed by atoms with Gasteiger partial charge < -0.3 is 5.32 Å². The Labute approximate surface area is 89.5 Å². The summed E-state index contributed by atoms with van der Waals surface area (Å²) in [5.74, 6) is 1.98. The molecule has 0 atom stereocenters. The van der Waals surface area contributed by atoms with Gasteiger partial charge in [-0.1, -0.05) is 6.92 Å². The van der Waals surface area contributed by atoms with E-state index in [9.17, 15) is 0 Å². The molecule has 0 aliphatic heterocycles. The molecule has 80 valence electrons. The summed E-state index contributed by atoms with van der Waals surface area (Å²) in [6.07, 6.45) is 5.05. The first kappa shape index (κ1) is 11.5. The van der Waals surface area contributed by atoms with Gasteiger partial charge in [-0.15, -0.1) is 0 Å². The molecule has 0 saturated carbocycles. The first-order chi connectivity index (χ1) is 6.86. The number of hydrogen-bond donors (Lipinski definition) is 1. The molecule has 1 heterocycles. The molecule has 0 spiro atoms. The minimum absolute atomic E-state index is 0.778. The summed E-state index contributed by atoms with van der Waals surface area (Å²) in [6, 6.07) is 0. The van der Waals surface area contributed by atoms with E-state index in [0.717, 1.165) is 37.6 Å². The second kappa shape index (κ2) is 6.84. The topological polar surface area (TPSA) is 42.7 Å². The molecule has 0 fully saturated rings. The Bertz CT molecular complexity index is 249. The van der Waals surface area contributed by atoms with Gasteiger partial charge in [0.15, 0.2) is 5.82 Å². The van der Waals surface area contributed by atoms with E-state index in [1.807, 2.05) is 16.4 Å². The molecule has 1 aromatic heterocycles. The lowest BCUT2D eigenvalue weighted by Gasteiger charge is -1.98. The first-order valence-electron chi connectivity index (χ1n) is 4.94. The van der Waals surface area contributed by atoms with E-state index < -0.39 is 0 Å². The number of aryl methyl sites for hydroxylation is 1. The van der Waals surface area contributed by atoms with Crippen LogP contribution in [-0.4, -0.2) is 33.3 Å². The lowest BCUT2D eigenvalue weighted by Crippen LogP contribution is -2.15. The number of rotatable bonds is 7. The molecule has 14 heavy (non-hydrogen) atoms. The number of nitrogens with zero attached hydrogens (tertiary/aromatic N) is 3. The summed E-state index contributed by atoms with van der Waals surface area (Å²) in [5.41, 5.74) is 0. The number of hydrogen-bond acceptors (Lipinski definition) is 4. The van der Waals surface area contributed by atoms with E-state index in [4.69, 9.17) is 0 Å². The van der Waals surface area contributed by atoms with Gasteiger partial charge in [-0.25, -0.2) is 4.98 Å². The summed E-state index contributed by atoms with van der Waals surface area (Å²) in [4.78, 5) is 4.22. The van der Waals surface area contributed by atoms with Crippen molar-refractivity contribution in [1.29, 1.82) is 0 Å². The van der Waals surface area contributed by atoms with E-state index in [-0.39, 0.29) is 0 Å². The highest BCUT2D eigenvalue weighted by atomic mass is 32.2. The van der Waals surface area contributed by atoms with Crippen LogP contribution in [0.4, 0.5) is 0 Å². The van der Waals surface area contributed by atoms with Gasteiger partial charge in [0.05, 0.1) is 13.1 Å². The average Bonchev–Trinajstić information content (AvgIpc) is 2.63. The van der Waals surface area contributed by atoms with Crippen molar-refractivity contribution in [1.82, 2.24) is 20.1 Å². The van der Waals surface area contributed by atoms with Crippen molar-refractivity contribution < 1.29 is 0 Å². The molecule has 0 unspecified atom stereocenters. The molecule has 0 amide bonds. The van der Waals surface area contributed by atoms with Crippen LogP contribution in [0.1, 0.15) is 19.2 Å². The van der Waals surface area contributed by atoms with Crippen molar-refractivity contribution in [2.45, 2.75) is 26.4 Å². The third kappa shape index (κ3) is 4.11. The zero-order valence-electron chi connectivity index (χ0n) is 8.86. The summed E-state index contributed by atoms with van der Waals surface area (Å²) >= 11 is 1.82. The van der Waals surface area contributed by atoms with Gasteiger partial charge in [-0.05, 0) is 19.2 Å². The zero-order chi connectivity index (χ0) is 10.2. The van der Waals surface area contributed by atoms with Crippen molar-refractivity contribution in [3.05, 3.63) is 12.2 Å². The molecule has 0 saturated heterocycles. The molecule has 0 bridgehead atoms. The Morgan fingerprint density at radius 2 is 2.43 bits per heavy atom. The van der Waals surface area contributed by atoms with Crippen molar-refractivity contribution in [3.63, 3.8) is 0 Å². The third-order valence-corrected chi connectivity index (χ3v) is 2.41. The maximum atomic E-state index is 4.35. The van der Waals surface area contributed by atoms with Crippen LogP contribution >= 0.6 is 11.8 Å². The molecule has 0 aliphatic carbocycles. The normalized spacial score (nSPS) is 10.7. The Morgan fingerprint density at radius 1 is 1.57 bits per heavy atom. The monoisotopic (exact) mass is 214 g/mol. The molecule has 1 rings (SSSR count). The Hall–Kier alpha value is -0.550. The largest absolute Gasteiger partial charge is 0.310 e. The fourth-order valence-electron chi connectivity index (χ4n) is 1.08. The van der Waals surface area contributed by atoms with Gasteiger partial charge in [0.2, 0.25) is 0 Å². The predicted molar refractivity (Wildman–Crippen MR) is 60.4 cm³/mol. The predicted octanol–water partition coefficient (Wildman–Crippen LogP) is 1.14. The minimum atomic E-state index is 0.778. The van der Waals surface area contributed by atoms with Crippen LogP contribution < -0.4 is 5.32 Å². The fraction of sp³-hybridized carbons (Fsp3) is 0.778. The highest BCUT2D eigenvalue weighted by Gasteiger charge is 1.98. The van der Waals surface area contributed by atoms with Crippen LogP contribution in [0.5, 0.6) is 0 Å². The number of thioether (sulfide) groups is 1. The van der Waals surface area contributed by atoms with Crippen molar-refractivity contribution >= 4 is 11.8 Å². The maximum absolute atomic E-state index is 4.35. The van der Waals surface area contributed by atoms with E-state index in [1.165, 1.54) is 0 Å². The molecule has 1 aromatic rings. The van der Waals surface area contributed by atoms with Crippen molar-refractivity contribution in [3.8, 4) is 0 Å². The lowest BCUT2D eigenvalue weighted by molar-refractivity contribution is 0.618. The van der Waals surface area contributed by atoms with E-state index in [1.54, 1.807) is 6.33 Å². The lowest BCUT2D eigenvalue weighted by atomic mass is 10.5. The molecule has 4 nitrogen and oxygen atoms in total. The van der Waals surface area contributed by atoms with Gasteiger partial charge in [0.25, 0.3) is 0 Å². The van der Waals surface area contributed by atoms with Gasteiger partial charge in [0.1, 0.15) is 6.33 Å². The van der Waals surface area contributed by atoms with Crippen LogP contribution in [0.3, 0.4) is 0 Å². The Kier molecular flexibility index (Phi) is 5.63. The molecular weight excluding hydrogens is 196 g/mol. The third-order valence-electron chi connectivity index (χ3n) is 1.82. The van der Waals surface area contributed by atoms with Crippen LogP contribution in [-0.2, 0) is 13.1 Å². The van der Waals surface area contributed by atoms with E-state index in [0.29, 0.717) is 0 Å². The smallest absolute Gasteiger partial charge is 0.164 e. The zero-order valence-corrected chi connectivity index (χ0v) is 9.68. The van der Waals surface area contributed by atoms with Crippen LogP contribution in [0.15, 0.2) is 6.33 Å². The van der Waals surface area contributed by atoms with Crippen LogP contribution in [0, 0.1) is 0 Å². The molecule has 0 radical (unpaired) electrons. The Morgan fingerprint density at radius 3 is 3.14 bits per heavy atom. The molecule has 0 aliphatic rings. The Balaban J connectivity index is 2.27. The van der Waals surface area contributed by atoms with E-state index >= 15 is 0 Å². The second-order valence-corrected chi connectivity index (χ2v) is 4.08. The average molecular weight is 214 g/mol. The summed E-state index contributed by atoms with van der Waals surface area (Å²) < 4.78 is 1.90. The molecule has 1 N–H and O–H groups in total. The number of aromatic nitrogens is 3. The van der Waals surface area contributed by atoms with Crippen molar-refractivity contribution in [2.24, 2.45) is 0 Å². The van der Waals surface area contributed by atoms with Crippen LogP contribution in [0.2, 0.25) is 0 Å². The van der Waals surface area contributed by atoms with Gasteiger partial charge in [-0.3, -0.25) is 4.68 Å². The highest BCUT2D eigenvalue weighted by molar-refractivity contribution is 7.98. The quantitative estimate of drug-likeness (QED) is 0.691. The summed E-state index contributed by atoms with van der Waals surface area (Å²) in [7, 11) is 0. The maximum Gasteiger partial charge on any atom is 0.164 e. The fourth-order valence-corrected chi connectivity index (χ4v) is 1.45. The number of nitrogens with one attached hydrogen (secondary N) is 1. The summed E-state index contributed by atoms with van der Waals surface area (Å²) in [6.45, 7) is 4.90. The van der Waals surface area contributed by atoms with Crippen molar-refractivity contribution in [2.75, 3.05) is 18.6 Å². The summed E-state index contributed by atoms with van der Waals surface area (Å²) in [5, 5.41) is 7.63. The van der Waals surface area contributed by atoms with Gasteiger partial charge in [0, 0.05) is 5.75 Å². The van der Waals surface area contributed by atoms with Gasteiger partial charge >= 0.3 is 0 Å². The van der Waals surface area contributed by atoms with E-state index in [2.05, 4.69) is 28.6 Å². The van der Waals surface area contributed by atoms with Gasteiger partial charge in [-0.2, -0.15) is 16.9 Å². The SMILES string of the molecule is CCCNCc1ncn(CCSC)n1. The minimum Gasteiger partial charge on any atom is -0.310 e. The van der Waals surface area contributed by atoms with Crippen LogP contribution in [0.25, 0.3) is 0 Å².